The number of thioether (sulfide) groups is 1. The highest BCUT2D eigenvalue weighted by Crippen LogP contribution is 2.04. The maximum absolute atomic E-state index is 12.3. The van der Waals surface area contributed by atoms with Crippen LogP contribution in [0.3, 0.4) is 0 Å². The Morgan fingerprint density at radius 3 is 2.68 bits per heavy atom. The molecule has 0 unspecified atom stereocenters. The molecule has 2 aromatic rings. The molecule has 0 saturated heterocycles. The van der Waals surface area contributed by atoms with E-state index < -0.39 is 0 Å². The Labute approximate surface area is 115 Å². The molecule has 0 spiro atoms. The van der Waals surface area contributed by atoms with Crippen molar-refractivity contribution >= 4 is 22.9 Å². The summed E-state index contributed by atoms with van der Waals surface area (Å²) >= 11 is 1.77. The highest BCUT2D eigenvalue weighted by Gasteiger charge is 2.14. The average Bonchev–Trinajstić information content (AvgIpc) is 2.77. The summed E-state index contributed by atoms with van der Waals surface area (Å²) in [6, 6.07) is 0. The van der Waals surface area contributed by atoms with Crippen molar-refractivity contribution in [1.29, 1.82) is 0 Å². The van der Waals surface area contributed by atoms with Crippen molar-refractivity contribution in [1.82, 2.24) is 18.7 Å². The van der Waals surface area contributed by atoms with E-state index in [1.165, 1.54) is 9.13 Å². The lowest BCUT2D eigenvalue weighted by molar-refractivity contribution is 0.567. The molecule has 104 valence electrons. The molecule has 7 heteroatoms. The van der Waals surface area contributed by atoms with Gasteiger partial charge in [-0.05, 0) is 24.9 Å². The van der Waals surface area contributed by atoms with Crippen LogP contribution < -0.4 is 11.2 Å². The van der Waals surface area contributed by atoms with Crippen LogP contribution in [-0.4, -0.2) is 30.7 Å². The largest absolute Gasteiger partial charge is 0.332 e. The SMILES string of the molecule is CSCCCCn1c(=O)c2c(ncn2C)n(C)c1=O. The number of rotatable bonds is 5. The summed E-state index contributed by atoms with van der Waals surface area (Å²) in [5, 5.41) is 0. The van der Waals surface area contributed by atoms with Gasteiger partial charge in [-0.2, -0.15) is 11.8 Å². The summed E-state index contributed by atoms with van der Waals surface area (Å²) in [5.74, 6) is 1.04. The van der Waals surface area contributed by atoms with Crippen LogP contribution in [0, 0.1) is 0 Å². The summed E-state index contributed by atoms with van der Waals surface area (Å²) in [4.78, 5) is 28.6. The fraction of sp³-hybridized carbons (Fsp3) is 0.583. The third-order valence-corrected chi connectivity index (χ3v) is 3.88. The zero-order valence-corrected chi connectivity index (χ0v) is 12.2. The van der Waals surface area contributed by atoms with E-state index in [4.69, 9.17) is 0 Å². The molecule has 0 bridgehead atoms. The fourth-order valence-electron chi connectivity index (χ4n) is 2.11. The molecule has 0 N–H and O–H groups in total. The van der Waals surface area contributed by atoms with Crippen molar-refractivity contribution in [2.24, 2.45) is 14.1 Å². The molecule has 19 heavy (non-hydrogen) atoms. The number of aryl methyl sites for hydroxylation is 2. The number of aromatic nitrogens is 4. The van der Waals surface area contributed by atoms with Gasteiger partial charge in [0.15, 0.2) is 11.2 Å². The average molecular weight is 282 g/mol. The lowest BCUT2D eigenvalue weighted by atomic mass is 10.3. The molecule has 0 radical (unpaired) electrons. The van der Waals surface area contributed by atoms with Gasteiger partial charge in [0, 0.05) is 20.6 Å². The third-order valence-electron chi connectivity index (χ3n) is 3.18. The van der Waals surface area contributed by atoms with Gasteiger partial charge in [-0.25, -0.2) is 9.78 Å². The second kappa shape index (κ2) is 5.64. The smallest absolute Gasteiger partial charge is 0.328 e. The van der Waals surface area contributed by atoms with E-state index in [0.29, 0.717) is 17.7 Å². The van der Waals surface area contributed by atoms with E-state index in [2.05, 4.69) is 4.98 Å². The van der Waals surface area contributed by atoms with Gasteiger partial charge in [0.1, 0.15) is 0 Å². The van der Waals surface area contributed by atoms with Crippen LogP contribution in [0.5, 0.6) is 0 Å². The van der Waals surface area contributed by atoms with Crippen LogP contribution >= 0.6 is 11.8 Å². The lowest BCUT2D eigenvalue weighted by Crippen LogP contribution is -2.39. The molecule has 0 saturated carbocycles. The zero-order chi connectivity index (χ0) is 14.0. The van der Waals surface area contributed by atoms with Crippen LogP contribution in [0.15, 0.2) is 15.9 Å². The number of hydrogen-bond acceptors (Lipinski definition) is 4. The van der Waals surface area contributed by atoms with E-state index >= 15 is 0 Å². The van der Waals surface area contributed by atoms with Crippen molar-refractivity contribution in [2.45, 2.75) is 19.4 Å². The molecule has 0 atom stereocenters. The Balaban J connectivity index is 2.46. The van der Waals surface area contributed by atoms with Gasteiger partial charge in [0.25, 0.3) is 5.56 Å². The van der Waals surface area contributed by atoms with Gasteiger partial charge in [-0.1, -0.05) is 0 Å². The minimum atomic E-state index is -0.291. The third kappa shape index (κ3) is 2.47. The van der Waals surface area contributed by atoms with Crippen molar-refractivity contribution in [3.05, 3.63) is 27.2 Å². The summed E-state index contributed by atoms with van der Waals surface area (Å²) < 4.78 is 4.41. The van der Waals surface area contributed by atoms with Crippen LogP contribution in [0.4, 0.5) is 0 Å². The second-order valence-electron chi connectivity index (χ2n) is 4.53. The molecular weight excluding hydrogens is 264 g/mol. The van der Waals surface area contributed by atoms with Gasteiger partial charge in [0.05, 0.1) is 6.33 Å². The Morgan fingerprint density at radius 1 is 1.26 bits per heavy atom. The maximum atomic E-state index is 12.3. The predicted molar refractivity (Wildman–Crippen MR) is 77.8 cm³/mol. The Bertz CT molecular complexity index is 698. The minimum Gasteiger partial charge on any atom is -0.328 e. The molecule has 2 heterocycles. The molecular formula is C12H18N4O2S. The second-order valence-corrected chi connectivity index (χ2v) is 5.51. The molecule has 0 aliphatic rings. The summed E-state index contributed by atoms with van der Waals surface area (Å²) in [7, 11) is 3.41. The first-order valence-electron chi connectivity index (χ1n) is 6.17. The number of imidazole rings is 1. The molecule has 0 amide bonds. The van der Waals surface area contributed by atoms with Gasteiger partial charge in [0.2, 0.25) is 0 Å². The number of nitrogens with zero attached hydrogens (tertiary/aromatic N) is 4. The first-order chi connectivity index (χ1) is 9.07. The highest BCUT2D eigenvalue weighted by atomic mass is 32.2. The normalized spacial score (nSPS) is 11.3. The van der Waals surface area contributed by atoms with Crippen molar-refractivity contribution in [3.63, 3.8) is 0 Å². The van der Waals surface area contributed by atoms with Crippen LogP contribution in [-0.2, 0) is 20.6 Å². The van der Waals surface area contributed by atoms with Gasteiger partial charge in [-0.15, -0.1) is 0 Å². The Morgan fingerprint density at radius 2 is 2.00 bits per heavy atom. The summed E-state index contributed by atoms with van der Waals surface area (Å²) in [6.07, 6.45) is 5.44. The molecule has 0 aliphatic heterocycles. The molecule has 2 rings (SSSR count). The monoisotopic (exact) mass is 282 g/mol. The van der Waals surface area contributed by atoms with Crippen LogP contribution in [0.25, 0.3) is 11.2 Å². The number of hydrogen-bond donors (Lipinski definition) is 0. The molecule has 0 aliphatic carbocycles. The maximum Gasteiger partial charge on any atom is 0.332 e. The first-order valence-corrected chi connectivity index (χ1v) is 7.57. The highest BCUT2D eigenvalue weighted by molar-refractivity contribution is 7.98. The van der Waals surface area contributed by atoms with Crippen LogP contribution in [0.1, 0.15) is 12.8 Å². The number of unbranched alkanes of at least 4 members (excludes halogenated alkanes) is 1. The zero-order valence-electron chi connectivity index (χ0n) is 11.4. The fourth-order valence-corrected chi connectivity index (χ4v) is 2.60. The molecule has 2 aromatic heterocycles. The van der Waals surface area contributed by atoms with E-state index in [0.717, 1.165) is 18.6 Å². The minimum absolute atomic E-state index is 0.248. The van der Waals surface area contributed by atoms with E-state index in [1.807, 2.05) is 6.26 Å². The quantitative estimate of drug-likeness (QED) is 0.753. The molecule has 6 nitrogen and oxygen atoms in total. The summed E-state index contributed by atoms with van der Waals surface area (Å²) in [6.45, 7) is 0.465. The topological polar surface area (TPSA) is 61.8 Å². The molecule has 0 aromatic carbocycles. The molecule has 0 fully saturated rings. The van der Waals surface area contributed by atoms with Gasteiger partial charge < -0.3 is 4.57 Å². The van der Waals surface area contributed by atoms with Crippen molar-refractivity contribution in [3.8, 4) is 0 Å². The van der Waals surface area contributed by atoms with Gasteiger partial charge in [-0.3, -0.25) is 13.9 Å². The van der Waals surface area contributed by atoms with Crippen molar-refractivity contribution < 1.29 is 0 Å². The van der Waals surface area contributed by atoms with Crippen molar-refractivity contribution in [2.75, 3.05) is 12.0 Å². The van der Waals surface area contributed by atoms with E-state index in [9.17, 15) is 9.59 Å². The van der Waals surface area contributed by atoms with E-state index in [-0.39, 0.29) is 11.2 Å². The lowest BCUT2D eigenvalue weighted by Gasteiger charge is -2.08. The van der Waals surface area contributed by atoms with Gasteiger partial charge >= 0.3 is 5.69 Å². The van der Waals surface area contributed by atoms with Crippen LogP contribution in [0.2, 0.25) is 0 Å². The summed E-state index contributed by atoms with van der Waals surface area (Å²) in [5.41, 5.74) is 0.382. The predicted octanol–water partition coefficient (Wildman–Crippen LogP) is 0.577. The number of fused-ring (bicyclic) bond motifs is 1. The Hall–Kier alpha value is -1.50. The standard InChI is InChI=1S/C12H18N4O2S/c1-14-8-13-10-9(14)11(17)16(12(18)15(10)2)6-4-5-7-19-3/h8H,4-7H2,1-3H3. The Kier molecular flexibility index (Phi) is 4.14. The first kappa shape index (κ1) is 13.9. The van der Waals surface area contributed by atoms with E-state index in [1.54, 1.807) is 36.8 Å².